The fraction of sp³-hybridized carbons (Fsp3) is 0.636. The summed E-state index contributed by atoms with van der Waals surface area (Å²) in [7, 11) is -3.75. The molecule has 0 aromatic carbocycles. The predicted molar refractivity (Wildman–Crippen MR) is 72.9 cm³/mol. The van der Waals surface area contributed by atoms with E-state index in [9.17, 15) is 13.2 Å². The highest BCUT2D eigenvalue weighted by atomic mass is 32.2. The zero-order chi connectivity index (χ0) is 15.0. The van der Waals surface area contributed by atoms with E-state index in [0.29, 0.717) is 5.69 Å². The first-order valence-electron chi connectivity index (χ1n) is 5.95. The Labute approximate surface area is 121 Å². The molecular weight excluding hydrogens is 304 g/mol. The molecule has 1 N–H and O–H groups in total. The van der Waals surface area contributed by atoms with Gasteiger partial charge in [-0.05, 0) is 13.8 Å². The Hall–Kier alpha value is -1.03. The topological polar surface area (TPSA) is 96.8 Å². The molecule has 1 unspecified atom stereocenters. The van der Waals surface area contributed by atoms with Crippen LogP contribution in [0, 0.1) is 0 Å². The first-order valence-corrected chi connectivity index (χ1v) is 8.50. The molecule has 1 fully saturated rings. The van der Waals surface area contributed by atoms with Crippen LogP contribution in [0.3, 0.4) is 0 Å². The van der Waals surface area contributed by atoms with E-state index in [4.69, 9.17) is 9.84 Å². The lowest BCUT2D eigenvalue weighted by atomic mass is 10.1. The van der Waals surface area contributed by atoms with E-state index in [2.05, 4.69) is 4.98 Å². The van der Waals surface area contributed by atoms with Gasteiger partial charge in [-0.3, -0.25) is 4.79 Å². The van der Waals surface area contributed by atoms with E-state index >= 15 is 0 Å². The molecule has 0 radical (unpaired) electrons. The highest BCUT2D eigenvalue weighted by molar-refractivity contribution is 7.88. The monoisotopic (exact) mass is 320 g/mol. The van der Waals surface area contributed by atoms with Crippen molar-refractivity contribution in [3.8, 4) is 0 Å². The van der Waals surface area contributed by atoms with E-state index in [1.54, 1.807) is 24.7 Å². The first-order chi connectivity index (χ1) is 9.21. The Bertz CT molecular complexity index is 582. The number of carboxylic acids is 1. The molecule has 0 spiro atoms. The third kappa shape index (κ3) is 3.35. The zero-order valence-corrected chi connectivity index (χ0v) is 12.8. The van der Waals surface area contributed by atoms with Crippen LogP contribution in [0.1, 0.15) is 19.5 Å². The van der Waals surface area contributed by atoms with Gasteiger partial charge in [0.2, 0.25) is 10.0 Å². The second-order valence-electron chi connectivity index (χ2n) is 5.21. The quantitative estimate of drug-likeness (QED) is 0.869. The fourth-order valence-electron chi connectivity index (χ4n) is 1.98. The number of carboxylic acid groups (broad SMARTS) is 1. The molecule has 9 heteroatoms. The van der Waals surface area contributed by atoms with E-state index < -0.39 is 27.6 Å². The molecule has 1 aromatic heterocycles. The van der Waals surface area contributed by atoms with Crippen molar-refractivity contribution in [3.63, 3.8) is 0 Å². The van der Waals surface area contributed by atoms with Crippen LogP contribution in [0.5, 0.6) is 0 Å². The van der Waals surface area contributed by atoms with Gasteiger partial charge in [-0.1, -0.05) is 0 Å². The van der Waals surface area contributed by atoms with Crippen molar-refractivity contribution in [1.29, 1.82) is 0 Å². The second kappa shape index (κ2) is 5.40. The SMILES string of the molecule is CC1(C)CN(S(=O)(=O)Cc2cscn2)C(C(=O)O)CO1. The number of nitrogens with zero attached hydrogens (tertiary/aromatic N) is 2. The van der Waals surface area contributed by atoms with Gasteiger partial charge in [0.1, 0.15) is 11.8 Å². The third-order valence-corrected chi connectivity index (χ3v) is 5.37. The molecule has 112 valence electrons. The van der Waals surface area contributed by atoms with E-state index in [1.165, 1.54) is 11.3 Å². The number of hydrogen-bond acceptors (Lipinski definition) is 6. The van der Waals surface area contributed by atoms with Crippen LogP contribution in [0.25, 0.3) is 0 Å². The fourth-order valence-corrected chi connectivity index (χ4v) is 4.39. The summed E-state index contributed by atoms with van der Waals surface area (Å²) in [6.07, 6.45) is 0. The number of morpholine rings is 1. The number of carbonyl (C=O) groups is 1. The molecule has 1 aromatic rings. The second-order valence-corrected chi connectivity index (χ2v) is 7.85. The maximum absolute atomic E-state index is 12.4. The van der Waals surface area contributed by atoms with Gasteiger partial charge in [0.05, 0.1) is 23.4 Å². The largest absolute Gasteiger partial charge is 0.480 e. The van der Waals surface area contributed by atoms with Crippen LogP contribution >= 0.6 is 11.3 Å². The van der Waals surface area contributed by atoms with Crippen molar-refractivity contribution in [2.75, 3.05) is 13.2 Å². The molecule has 1 aliphatic heterocycles. The standard InChI is InChI=1S/C11H16N2O5S2/c1-11(2)6-13(9(3-18-11)10(14)15)20(16,17)5-8-4-19-7-12-8/h4,7,9H,3,5-6H2,1-2H3,(H,14,15). The van der Waals surface area contributed by atoms with E-state index in [-0.39, 0.29) is 18.9 Å². The van der Waals surface area contributed by atoms with Gasteiger partial charge in [0.15, 0.2) is 0 Å². The van der Waals surface area contributed by atoms with Gasteiger partial charge in [-0.2, -0.15) is 4.31 Å². The summed E-state index contributed by atoms with van der Waals surface area (Å²) in [5.41, 5.74) is 1.26. The molecule has 20 heavy (non-hydrogen) atoms. The van der Waals surface area contributed by atoms with Crippen molar-refractivity contribution in [2.45, 2.75) is 31.2 Å². The maximum Gasteiger partial charge on any atom is 0.324 e. The third-order valence-electron chi connectivity index (χ3n) is 2.97. The number of aliphatic carboxylic acids is 1. The summed E-state index contributed by atoms with van der Waals surface area (Å²) in [5, 5.41) is 10.8. The minimum atomic E-state index is -3.75. The summed E-state index contributed by atoms with van der Waals surface area (Å²) in [4.78, 5) is 15.2. The number of thiazole rings is 1. The normalized spacial score (nSPS) is 23.6. The Morgan fingerprint density at radius 1 is 1.65 bits per heavy atom. The smallest absolute Gasteiger partial charge is 0.324 e. The van der Waals surface area contributed by atoms with Gasteiger partial charge >= 0.3 is 5.97 Å². The molecule has 1 aliphatic rings. The Kier molecular flexibility index (Phi) is 4.14. The van der Waals surface area contributed by atoms with Gasteiger partial charge in [-0.15, -0.1) is 11.3 Å². The number of rotatable bonds is 4. The van der Waals surface area contributed by atoms with Crippen LogP contribution < -0.4 is 0 Å². The number of hydrogen-bond donors (Lipinski definition) is 1. The maximum atomic E-state index is 12.4. The molecule has 2 rings (SSSR count). The van der Waals surface area contributed by atoms with Gasteiger partial charge < -0.3 is 9.84 Å². The van der Waals surface area contributed by atoms with Crippen molar-refractivity contribution >= 4 is 27.3 Å². The van der Waals surface area contributed by atoms with Gasteiger partial charge in [0, 0.05) is 11.9 Å². The highest BCUT2D eigenvalue weighted by Crippen LogP contribution is 2.25. The lowest BCUT2D eigenvalue weighted by Crippen LogP contribution is -2.58. The molecule has 2 heterocycles. The van der Waals surface area contributed by atoms with Crippen LogP contribution in [0.15, 0.2) is 10.9 Å². The summed E-state index contributed by atoms with van der Waals surface area (Å²) in [5.74, 6) is -1.50. The summed E-state index contributed by atoms with van der Waals surface area (Å²) >= 11 is 1.30. The lowest BCUT2D eigenvalue weighted by Gasteiger charge is -2.40. The Morgan fingerprint density at radius 3 is 2.90 bits per heavy atom. The molecule has 0 bridgehead atoms. The average Bonchev–Trinajstić information content (AvgIpc) is 2.79. The van der Waals surface area contributed by atoms with Gasteiger partial charge in [0.25, 0.3) is 0 Å². The minimum absolute atomic E-state index is 0.0104. The molecule has 0 amide bonds. The van der Waals surface area contributed by atoms with Crippen molar-refractivity contribution < 1.29 is 23.1 Å². The summed E-state index contributed by atoms with van der Waals surface area (Å²) in [6.45, 7) is 3.32. The van der Waals surface area contributed by atoms with Crippen molar-refractivity contribution in [2.24, 2.45) is 0 Å². The van der Waals surface area contributed by atoms with E-state index in [1.807, 2.05) is 0 Å². The van der Waals surface area contributed by atoms with E-state index in [0.717, 1.165) is 4.31 Å². The zero-order valence-electron chi connectivity index (χ0n) is 11.1. The molecule has 7 nitrogen and oxygen atoms in total. The lowest BCUT2D eigenvalue weighted by molar-refractivity contribution is -0.154. The molecular formula is C11H16N2O5S2. The van der Waals surface area contributed by atoms with Crippen LogP contribution in [-0.2, 0) is 25.3 Å². The first kappa shape index (κ1) is 15.4. The predicted octanol–water partition coefficient (Wildman–Crippen LogP) is 0.537. The van der Waals surface area contributed by atoms with Crippen molar-refractivity contribution in [1.82, 2.24) is 9.29 Å². The van der Waals surface area contributed by atoms with Gasteiger partial charge in [-0.25, -0.2) is 13.4 Å². The number of aromatic nitrogens is 1. The minimum Gasteiger partial charge on any atom is -0.480 e. The molecule has 0 saturated carbocycles. The summed E-state index contributed by atoms with van der Waals surface area (Å²) in [6, 6.07) is -1.19. The highest BCUT2D eigenvalue weighted by Gasteiger charge is 2.43. The van der Waals surface area contributed by atoms with Crippen LogP contribution in [0.4, 0.5) is 0 Å². The molecule has 1 atom stereocenters. The number of ether oxygens (including phenoxy) is 1. The Morgan fingerprint density at radius 2 is 2.35 bits per heavy atom. The van der Waals surface area contributed by atoms with Crippen molar-refractivity contribution in [3.05, 3.63) is 16.6 Å². The van der Waals surface area contributed by atoms with Crippen LogP contribution in [-0.4, -0.2) is 53.6 Å². The average molecular weight is 320 g/mol. The Balaban J connectivity index is 2.27. The number of sulfonamides is 1. The van der Waals surface area contributed by atoms with Crippen LogP contribution in [0.2, 0.25) is 0 Å². The summed E-state index contributed by atoms with van der Waals surface area (Å²) < 4.78 is 31.3. The molecule has 0 aliphatic carbocycles. The molecule has 1 saturated heterocycles.